The zero-order valence-corrected chi connectivity index (χ0v) is 11.1. The Morgan fingerprint density at radius 3 is 2.23 bits per heavy atom. The second-order valence-electron chi connectivity index (χ2n) is 2.58. The first kappa shape index (κ1) is 16.4. The number of carbonyl (C=O) groups is 1. The van der Waals surface area contributed by atoms with Crippen LogP contribution in [0.3, 0.4) is 0 Å². The molecular formula is C5H11BF3KN2O. The van der Waals surface area contributed by atoms with E-state index in [0.29, 0.717) is 0 Å². The smallest absolute Gasteiger partial charge is 0.448 e. The molecule has 0 saturated heterocycles. The molecule has 0 rings (SSSR count). The summed E-state index contributed by atoms with van der Waals surface area (Å²) in [5, 5.41) is 2.24. The molecule has 0 saturated carbocycles. The van der Waals surface area contributed by atoms with Crippen LogP contribution >= 0.6 is 0 Å². The zero-order chi connectivity index (χ0) is 9.78. The Balaban J connectivity index is 0. The van der Waals surface area contributed by atoms with E-state index in [1.54, 1.807) is 0 Å². The fraction of sp³-hybridized carbons (Fsp3) is 0.800. The summed E-state index contributed by atoms with van der Waals surface area (Å²) >= 11 is 0. The average Bonchev–Trinajstić information content (AvgIpc) is 1.82. The van der Waals surface area contributed by atoms with Crippen molar-refractivity contribution in [2.24, 2.45) is 0 Å². The second-order valence-corrected chi connectivity index (χ2v) is 2.58. The number of likely N-dealkylation sites (N-methyl/N-ethyl adjacent to an activating group) is 2. The predicted molar refractivity (Wildman–Crippen MR) is 40.6 cm³/mol. The zero-order valence-electron chi connectivity index (χ0n) is 7.98. The number of rotatable bonds is 4. The molecule has 0 bridgehead atoms. The van der Waals surface area contributed by atoms with Gasteiger partial charge >= 0.3 is 58.4 Å². The molecule has 0 heterocycles. The topological polar surface area (TPSA) is 32.3 Å². The molecule has 0 aliphatic rings. The maximum atomic E-state index is 11.7. The van der Waals surface area contributed by atoms with Crippen molar-refractivity contribution in [3.63, 3.8) is 0 Å². The van der Waals surface area contributed by atoms with Crippen molar-refractivity contribution in [3.8, 4) is 0 Å². The fourth-order valence-electron chi connectivity index (χ4n) is 0.742. The van der Waals surface area contributed by atoms with Gasteiger partial charge in [-0.25, -0.2) is 0 Å². The Morgan fingerprint density at radius 2 is 1.92 bits per heavy atom. The van der Waals surface area contributed by atoms with E-state index in [-0.39, 0.29) is 57.9 Å². The predicted octanol–water partition coefficient (Wildman–Crippen LogP) is -2.95. The second kappa shape index (κ2) is 7.24. The number of hydrogen-bond donors (Lipinski definition) is 1. The van der Waals surface area contributed by atoms with Crippen LogP contribution in [0.2, 0.25) is 0 Å². The third-order valence-electron chi connectivity index (χ3n) is 1.21. The minimum Gasteiger partial charge on any atom is -0.448 e. The van der Waals surface area contributed by atoms with Crippen LogP contribution in [0.4, 0.5) is 12.9 Å². The molecule has 0 aromatic heterocycles. The summed E-state index contributed by atoms with van der Waals surface area (Å²) in [5.74, 6) is -0.419. The van der Waals surface area contributed by atoms with Gasteiger partial charge in [0.05, 0.1) is 6.54 Å². The maximum absolute atomic E-state index is 11.7. The van der Waals surface area contributed by atoms with Crippen LogP contribution in [0, 0.1) is 0 Å². The van der Waals surface area contributed by atoms with Gasteiger partial charge in [0.1, 0.15) is 0 Å². The van der Waals surface area contributed by atoms with Crippen LogP contribution in [0.5, 0.6) is 0 Å². The van der Waals surface area contributed by atoms with Crippen LogP contribution < -0.4 is 56.7 Å². The minimum absolute atomic E-state index is 0. The number of nitrogens with zero attached hydrogens (tertiary/aromatic N) is 1. The summed E-state index contributed by atoms with van der Waals surface area (Å²) in [6, 6.07) is 0. The average molecular weight is 222 g/mol. The summed E-state index contributed by atoms with van der Waals surface area (Å²) in [6.45, 7) is -5.06. The third-order valence-corrected chi connectivity index (χ3v) is 1.21. The largest absolute Gasteiger partial charge is 1.00 e. The summed E-state index contributed by atoms with van der Waals surface area (Å²) in [6.07, 6.45) is -1.01. The molecule has 0 radical (unpaired) electrons. The molecule has 0 spiro atoms. The first-order valence-electron chi connectivity index (χ1n) is 3.45. The number of amides is 1. The van der Waals surface area contributed by atoms with E-state index >= 15 is 0 Å². The molecule has 1 N–H and O–H groups in total. The quantitative estimate of drug-likeness (QED) is 0.516. The van der Waals surface area contributed by atoms with Gasteiger partial charge in [0.25, 0.3) is 0 Å². The van der Waals surface area contributed by atoms with E-state index in [1.165, 1.54) is 14.1 Å². The van der Waals surface area contributed by atoms with Gasteiger partial charge in [0, 0.05) is 7.05 Å². The van der Waals surface area contributed by atoms with E-state index in [1.807, 2.05) is 0 Å². The molecule has 0 unspecified atom stereocenters. The molecule has 1 amide bonds. The first-order valence-corrected chi connectivity index (χ1v) is 3.45. The van der Waals surface area contributed by atoms with Gasteiger partial charge in [-0.05, 0) is 13.5 Å². The summed E-state index contributed by atoms with van der Waals surface area (Å²) in [5.41, 5.74) is 0. The van der Waals surface area contributed by atoms with Crippen LogP contribution in [0.15, 0.2) is 0 Å². The molecule has 13 heavy (non-hydrogen) atoms. The molecule has 0 aliphatic carbocycles. The Labute approximate surface area is 118 Å². The third kappa shape index (κ3) is 10.8. The van der Waals surface area contributed by atoms with Crippen molar-refractivity contribution >= 4 is 12.9 Å². The van der Waals surface area contributed by atoms with Crippen LogP contribution in [-0.4, -0.2) is 44.9 Å². The number of halogens is 3. The van der Waals surface area contributed by atoms with E-state index in [0.717, 1.165) is 4.90 Å². The van der Waals surface area contributed by atoms with Gasteiger partial charge in [-0.1, -0.05) is 0 Å². The van der Waals surface area contributed by atoms with Crippen LogP contribution in [-0.2, 0) is 4.79 Å². The van der Waals surface area contributed by atoms with Crippen molar-refractivity contribution < 1.29 is 69.1 Å². The fourth-order valence-corrected chi connectivity index (χ4v) is 0.742. The van der Waals surface area contributed by atoms with Gasteiger partial charge in [-0.15, -0.1) is 0 Å². The first-order chi connectivity index (χ1) is 5.35. The van der Waals surface area contributed by atoms with Crippen molar-refractivity contribution in [1.82, 2.24) is 10.2 Å². The van der Waals surface area contributed by atoms with E-state index in [9.17, 15) is 17.7 Å². The Bertz CT molecular complexity index is 166. The molecule has 0 atom stereocenters. The van der Waals surface area contributed by atoms with Gasteiger partial charge in [-0.3, -0.25) is 4.79 Å². The Hall–Kier alpha value is 0.921. The normalized spacial score (nSPS) is 10.9. The van der Waals surface area contributed by atoms with E-state index in [4.69, 9.17) is 0 Å². The van der Waals surface area contributed by atoms with Crippen molar-refractivity contribution in [1.29, 1.82) is 0 Å². The Kier molecular flexibility index (Phi) is 9.11. The SMILES string of the molecule is CNC(=O)CN(C)C[B-](F)(F)F.[K+]. The van der Waals surface area contributed by atoms with Crippen LogP contribution in [0.1, 0.15) is 0 Å². The van der Waals surface area contributed by atoms with Gasteiger partial charge in [-0.2, -0.15) is 0 Å². The molecule has 72 valence electrons. The maximum Gasteiger partial charge on any atom is 1.00 e. The molecular weight excluding hydrogens is 211 g/mol. The van der Waals surface area contributed by atoms with E-state index < -0.39 is 19.3 Å². The molecule has 0 aliphatic heterocycles. The molecule has 3 nitrogen and oxygen atoms in total. The molecule has 0 aromatic rings. The minimum atomic E-state index is -4.84. The van der Waals surface area contributed by atoms with Crippen molar-refractivity contribution in [2.45, 2.75) is 0 Å². The number of nitrogens with one attached hydrogen (secondary N) is 1. The summed E-state index contributed by atoms with van der Waals surface area (Å²) in [7, 11) is 2.64. The van der Waals surface area contributed by atoms with E-state index in [2.05, 4.69) is 5.32 Å². The number of carbonyl (C=O) groups excluding carboxylic acids is 1. The van der Waals surface area contributed by atoms with Crippen molar-refractivity contribution in [3.05, 3.63) is 0 Å². The van der Waals surface area contributed by atoms with Gasteiger partial charge in [0.15, 0.2) is 0 Å². The molecule has 0 fully saturated rings. The number of hydrogen-bond acceptors (Lipinski definition) is 2. The van der Waals surface area contributed by atoms with Gasteiger partial charge < -0.3 is 23.2 Å². The molecule has 0 aromatic carbocycles. The monoisotopic (exact) mass is 222 g/mol. The van der Waals surface area contributed by atoms with Crippen molar-refractivity contribution in [2.75, 3.05) is 27.1 Å². The summed E-state index contributed by atoms with van der Waals surface area (Å²) < 4.78 is 35.2. The van der Waals surface area contributed by atoms with Crippen LogP contribution in [0.25, 0.3) is 0 Å². The Morgan fingerprint density at radius 1 is 1.46 bits per heavy atom. The standard InChI is InChI=1S/C5H11BF3N2O.K/c1-10-5(12)3-11(2)4-6(7,8)9;/h3-4H2,1-2H3,(H,10,12);/q-1;+1. The molecule has 8 heteroatoms. The summed E-state index contributed by atoms with van der Waals surface area (Å²) in [4.78, 5) is 11.5. The van der Waals surface area contributed by atoms with Gasteiger partial charge in [0.2, 0.25) is 5.91 Å².